The fraction of sp³-hybridized carbons (Fsp3) is 0.389. The first kappa shape index (κ1) is 17.2. The van der Waals surface area contributed by atoms with E-state index in [0.29, 0.717) is 12.1 Å². The quantitative estimate of drug-likeness (QED) is 0.487. The van der Waals surface area contributed by atoms with Crippen LogP contribution in [0.4, 0.5) is 9.18 Å². The third-order valence-electron chi connectivity index (χ3n) is 3.71. The zero-order valence-electron chi connectivity index (χ0n) is 13.5. The average molecular weight is 319 g/mol. The molecule has 0 saturated heterocycles. The van der Waals surface area contributed by atoms with Crippen molar-refractivity contribution in [3.8, 4) is 0 Å². The summed E-state index contributed by atoms with van der Waals surface area (Å²) in [6.45, 7) is 4.41. The first-order valence-corrected chi connectivity index (χ1v) is 7.66. The largest absolute Gasteiger partial charge is 0.509 e. The smallest absolute Gasteiger partial charge is 0.429 e. The first-order chi connectivity index (χ1) is 11.1. The molecule has 1 aliphatic carbocycles. The Hall–Kier alpha value is -2.14. The summed E-state index contributed by atoms with van der Waals surface area (Å²) in [6, 6.07) is 9.36. The van der Waals surface area contributed by atoms with Crippen molar-refractivity contribution in [1.82, 2.24) is 5.32 Å². The van der Waals surface area contributed by atoms with Crippen LogP contribution in [0, 0.1) is 5.92 Å². The summed E-state index contributed by atoms with van der Waals surface area (Å²) in [6.07, 6.45) is 1.67. The summed E-state index contributed by atoms with van der Waals surface area (Å²) in [4.78, 5) is 11.5. The summed E-state index contributed by atoms with van der Waals surface area (Å²) < 4.78 is 23.8. The molecule has 0 fully saturated rings. The lowest BCUT2D eigenvalue weighted by Gasteiger charge is -2.21. The number of carbonyl (C=O) groups is 1. The van der Waals surface area contributed by atoms with Gasteiger partial charge in [-0.05, 0) is 36.5 Å². The Balaban J connectivity index is 1.67. The van der Waals surface area contributed by atoms with Crippen molar-refractivity contribution >= 4 is 6.16 Å². The minimum atomic E-state index is -0.747. The second-order valence-corrected chi connectivity index (χ2v) is 5.71. The molecule has 124 valence electrons. The molecule has 5 heteroatoms. The van der Waals surface area contributed by atoms with Gasteiger partial charge in [-0.2, -0.15) is 0 Å². The highest BCUT2D eigenvalue weighted by Crippen LogP contribution is 2.29. The maximum atomic E-state index is 13.9. The molecule has 0 bridgehead atoms. The average Bonchev–Trinajstić information content (AvgIpc) is 2.52. The standard InChI is InChI=1S/C18H22FNO3/c1-13-8-14(2)16(17(19)9-13)10-20-12-23-18(21)22-11-15-6-4-3-5-7-15/h3-7,9,14,20H,8,10-12H2,1-2H3. The highest BCUT2D eigenvalue weighted by molar-refractivity contribution is 5.59. The van der Waals surface area contributed by atoms with E-state index < -0.39 is 6.16 Å². The first-order valence-electron chi connectivity index (χ1n) is 7.66. The van der Waals surface area contributed by atoms with Gasteiger partial charge in [-0.15, -0.1) is 0 Å². The topological polar surface area (TPSA) is 47.6 Å². The van der Waals surface area contributed by atoms with Crippen LogP contribution in [0.3, 0.4) is 0 Å². The highest BCUT2D eigenvalue weighted by Gasteiger charge is 2.18. The molecule has 4 nitrogen and oxygen atoms in total. The second-order valence-electron chi connectivity index (χ2n) is 5.71. The molecule has 1 unspecified atom stereocenters. The Labute approximate surface area is 136 Å². The van der Waals surface area contributed by atoms with E-state index in [1.807, 2.05) is 44.2 Å². The Morgan fingerprint density at radius 1 is 1.30 bits per heavy atom. The summed E-state index contributed by atoms with van der Waals surface area (Å²) >= 11 is 0. The zero-order chi connectivity index (χ0) is 16.7. The van der Waals surface area contributed by atoms with Gasteiger partial charge in [0.25, 0.3) is 0 Å². The fourth-order valence-corrected chi connectivity index (χ4v) is 2.52. The molecule has 1 aromatic rings. The van der Waals surface area contributed by atoms with E-state index in [1.54, 1.807) is 6.08 Å². The zero-order valence-corrected chi connectivity index (χ0v) is 13.5. The maximum absolute atomic E-state index is 13.9. The Bertz CT molecular complexity index is 596. The van der Waals surface area contributed by atoms with Crippen LogP contribution < -0.4 is 5.32 Å². The lowest BCUT2D eigenvalue weighted by atomic mass is 9.88. The number of ether oxygens (including phenoxy) is 2. The highest BCUT2D eigenvalue weighted by atomic mass is 19.1. The number of allylic oxidation sites excluding steroid dienone is 3. The minimum absolute atomic E-state index is 0.0141. The molecule has 23 heavy (non-hydrogen) atoms. The monoisotopic (exact) mass is 319 g/mol. The lowest BCUT2D eigenvalue weighted by molar-refractivity contribution is 0.0450. The third-order valence-corrected chi connectivity index (χ3v) is 3.71. The number of hydrogen-bond donors (Lipinski definition) is 1. The minimum Gasteiger partial charge on any atom is -0.429 e. The van der Waals surface area contributed by atoms with E-state index in [4.69, 9.17) is 9.47 Å². The number of benzene rings is 1. The van der Waals surface area contributed by atoms with E-state index in [1.165, 1.54) is 0 Å². The van der Waals surface area contributed by atoms with Gasteiger partial charge in [0, 0.05) is 6.54 Å². The van der Waals surface area contributed by atoms with Gasteiger partial charge in [0.05, 0.1) is 0 Å². The van der Waals surface area contributed by atoms with E-state index in [0.717, 1.165) is 17.6 Å². The summed E-state index contributed by atoms with van der Waals surface area (Å²) in [5.74, 6) is -0.0436. The Morgan fingerprint density at radius 3 is 2.74 bits per heavy atom. The normalized spacial score (nSPS) is 17.7. The van der Waals surface area contributed by atoms with Crippen LogP contribution in [0.2, 0.25) is 0 Å². The molecule has 0 saturated carbocycles. The summed E-state index contributed by atoms with van der Waals surface area (Å²) in [5, 5.41) is 2.91. The van der Waals surface area contributed by atoms with Gasteiger partial charge in [0.15, 0.2) is 0 Å². The molecular formula is C18H22FNO3. The number of hydrogen-bond acceptors (Lipinski definition) is 4. The molecule has 0 radical (unpaired) electrons. The molecule has 0 heterocycles. The molecule has 1 N–H and O–H groups in total. The molecule has 0 aliphatic heterocycles. The van der Waals surface area contributed by atoms with Crippen LogP contribution in [0.25, 0.3) is 0 Å². The number of carbonyl (C=O) groups excluding carboxylic acids is 1. The van der Waals surface area contributed by atoms with Crippen LogP contribution in [0.1, 0.15) is 25.8 Å². The molecule has 0 aromatic heterocycles. The van der Waals surface area contributed by atoms with E-state index in [9.17, 15) is 9.18 Å². The van der Waals surface area contributed by atoms with Crippen molar-refractivity contribution in [2.45, 2.75) is 26.9 Å². The van der Waals surface area contributed by atoms with Crippen LogP contribution in [0.15, 0.2) is 53.4 Å². The summed E-state index contributed by atoms with van der Waals surface area (Å²) in [5.41, 5.74) is 2.64. The molecule has 0 spiro atoms. The molecule has 1 aliphatic rings. The van der Waals surface area contributed by atoms with E-state index in [-0.39, 0.29) is 25.1 Å². The van der Waals surface area contributed by atoms with Gasteiger partial charge in [0.2, 0.25) is 0 Å². The molecular weight excluding hydrogens is 297 g/mol. The van der Waals surface area contributed by atoms with Gasteiger partial charge in [-0.25, -0.2) is 9.18 Å². The van der Waals surface area contributed by atoms with Crippen LogP contribution in [-0.4, -0.2) is 19.4 Å². The van der Waals surface area contributed by atoms with Crippen molar-refractivity contribution < 1.29 is 18.7 Å². The van der Waals surface area contributed by atoms with E-state index in [2.05, 4.69) is 5.32 Å². The van der Waals surface area contributed by atoms with Gasteiger partial charge in [-0.1, -0.05) is 42.8 Å². The Kier molecular flexibility index (Phi) is 6.35. The molecule has 0 amide bonds. The van der Waals surface area contributed by atoms with Crippen molar-refractivity contribution in [2.24, 2.45) is 5.92 Å². The van der Waals surface area contributed by atoms with Crippen LogP contribution in [-0.2, 0) is 16.1 Å². The predicted molar refractivity (Wildman–Crippen MR) is 86.3 cm³/mol. The van der Waals surface area contributed by atoms with E-state index >= 15 is 0 Å². The Morgan fingerprint density at radius 2 is 2.04 bits per heavy atom. The second kappa shape index (κ2) is 8.48. The van der Waals surface area contributed by atoms with Crippen LogP contribution in [0.5, 0.6) is 0 Å². The van der Waals surface area contributed by atoms with Crippen molar-refractivity contribution in [2.75, 3.05) is 13.3 Å². The maximum Gasteiger partial charge on any atom is 0.509 e. The SMILES string of the molecule is CC1=CC(F)=C(CNCOC(=O)OCc2ccccc2)C(C)C1. The van der Waals surface area contributed by atoms with Gasteiger partial charge >= 0.3 is 6.16 Å². The van der Waals surface area contributed by atoms with Gasteiger partial charge in [0.1, 0.15) is 19.2 Å². The predicted octanol–water partition coefficient (Wildman–Crippen LogP) is 4.10. The lowest BCUT2D eigenvalue weighted by Crippen LogP contribution is -2.26. The van der Waals surface area contributed by atoms with Crippen LogP contribution >= 0.6 is 0 Å². The fourth-order valence-electron chi connectivity index (χ4n) is 2.52. The van der Waals surface area contributed by atoms with Crippen molar-refractivity contribution in [3.05, 3.63) is 58.9 Å². The molecule has 1 aromatic carbocycles. The van der Waals surface area contributed by atoms with Gasteiger partial charge in [-0.3, -0.25) is 5.32 Å². The van der Waals surface area contributed by atoms with Gasteiger partial charge < -0.3 is 9.47 Å². The molecule has 1 atom stereocenters. The number of rotatable bonds is 6. The number of halogens is 1. The summed E-state index contributed by atoms with van der Waals surface area (Å²) in [7, 11) is 0. The molecule has 2 rings (SSSR count). The third kappa shape index (κ3) is 5.53. The van der Waals surface area contributed by atoms with Crippen molar-refractivity contribution in [3.63, 3.8) is 0 Å². The number of nitrogens with one attached hydrogen (secondary N) is 1. The van der Waals surface area contributed by atoms with Crippen molar-refractivity contribution in [1.29, 1.82) is 0 Å².